The minimum atomic E-state index is 0.0714. The van der Waals surface area contributed by atoms with Crippen molar-refractivity contribution in [1.82, 2.24) is 5.32 Å². The summed E-state index contributed by atoms with van der Waals surface area (Å²) >= 11 is 6.09. The number of aryl methyl sites for hydroxylation is 2. The van der Waals surface area contributed by atoms with Gasteiger partial charge in [0, 0.05) is 11.4 Å². The van der Waals surface area contributed by atoms with Crippen molar-refractivity contribution in [2.75, 3.05) is 13.2 Å². The number of carbonyl (C=O) groups is 1. The van der Waals surface area contributed by atoms with Gasteiger partial charge >= 0.3 is 0 Å². The molecule has 1 amide bonds. The van der Waals surface area contributed by atoms with Crippen molar-refractivity contribution in [3.63, 3.8) is 0 Å². The summed E-state index contributed by atoms with van der Waals surface area (Å²) in [6.45, 7) is 8.93. The number of ether oxygens (including phenoxy) is 1. The van der Waals surface area contributed by atoms with Crippen molar-refractivity contribution < 1.29 is 9.53 Å². The molecular formula is C15H22ClNO2. The Morgan fingerprint density at radius 3 is 2.42 bits per heavy atom. The van der Waals surface area contributed by atoms with Crippen LogP contribution >= 0.6 is 11.6 Å². The smallest absolute Gasteiger partial charge is 0.220 e. The molecule has 0 bridgehead atoms. The first kappa shape index (κ1) is 15.8. The van der Waals surface area contributed by atoms with Gasteiger partial charge in [0.15, 0.2) is 0 Å². The van der Waals surface area contributed by atoms with E-state index < -0.39 is 0 Å². The molecule has 0 radical (unpaired) electrons. The van der Waals surface area contributed by atoms with Crippen LogP contribution in [-0.2, 0) is 4.79 Å². The van der Waals surface area contributed by atoms with Crippen LogP contribution in [0.15, 0.2) is 12.1 Å². The second-order valence-corrected chi connectivity index (χ2v) is 5.55. The molecule has 0 fully saturated rings. The van der Waals surface area contributed by atoms with Crippen molar-refractivity contribution >= 4 is 17.5 Å². The third-order valence-corrected chi connectivity index (χ3v) is 3.29. The molecule has 0 aliphatic heterocycles. The van der Waals surface area contributed by atoms with Crippen molar-refractivity contribution in [1.29, 1.82) is 0 Å². The predicted octanol–water partition coefficient (Wildman–Crippen LogP) is 3.50. The molecule has 0 saturated heterocycles. The molecular weight excluding hydrogens is 262 g/mol. The van der Waals surface area contributed by atoms with Gasteiger partial charge in [0.25, 0.3) is 0 Å². The molecule has 0 unspecified atom stereocenters. The lowest BCUT2D eigenvalue weighted by Gasteiger charge is -2.11. The summed E-state index contributed by atoms with van der Waals surface area (Å²) < 4.78 is 5.60. The van der Waals surface area contributed by atoms with E-state index in [1.165, 1.54) is 0 Å². The maximum atomic E-state index is 11.4. The Hall–Kier alpha value is -1.22. The highest BCUT2D eigenvalue weighted by Crippen LogP contribution is 2.25. The molecule has 0 atom stereocenters. The summed E-state index contributed by atoms with van der Waals surface area (Å²) in [5.74, 6) is 1.24. The molecule has 1 N–H and O–H groups in total. The van der Waals surface area contributed by atoms with E-state index in [2.05, 4.69) is 5.32 Å². The third-order valence-electron chi connectivity index (χ3n) is 2.70. The Labute approximate surface area is 120 Å². The highest BCUT2D eigenvalue weighted by atomic mass is 35.5. The van der Waals surface area contributed by atoms with Crippen molar-refractivity contribution in [2.24, 2.45) is 5.92 Å². The lowest BCUT2D eigenvalue weighted by atomic mass is 10.1. The molecule has 1 aromatic rings. The summed E-state index contributed by atoms with van der Waals surface area (Å²) in [5.41, 5.74) is 2.00. The van der Waals surface area contributed by atoms with E-state index in [1.807, 2.05) is 39.8 Å². The van der Waals surface area contributed by atoms with Crippen LogP contribution in [0.25, 0.3) is 0 Å². The van der Waals surface area contributed by atoms with Gasteiger partial charge in [-0.3, -0.25) is 4.79 Å². The van der Waals surface area contributed by atoms with Gasteiger partial charge in [0.2, 0.25) is 5.91 Å². The molecule has 0 spiro atoms. The molecule has 0 aliphatic rings. The van der Waals surface area contributed by atoms with E-state index in [9.17, 15) is 4.79 Å². The van der Waals surface area contributed by atoms with Gasteiger partial charge in [-0.15, -0.1) is 0 Å². The summed E-state index contributed by atoms with van der Waals surface area (Å²) in [5, 5.41) is 3.61. The number of benzene rings is 1. The Balaban J connectivity index is 2.36. The number of carbonyl (C=O) groups excluding carboxylic acids is 1. The summed E-state index contributed by atoms with van der Waals surface area (Å²) in [6.07, 6.45) is 0.555. The first-order chi connectivity index (χ1) is 8.90. The predicted molar refractivity (Wildman–Crippen MR) is 78.9 cm³/mol. The van der Waals surface area contributed by atoms with Gasteiger partial charge in [0.05, 0.1) is 6.54 Å². The highest BCUT2D eigenvalue weighted by molar-refractivity contribution is 6.32. The number of rotatable bonds is 6. The zero-order valence-electron chi connectivity index (χ0n) is 12.0. The highest BCUT2D eigenvalue weighted by Gasteiger charge is 2.05. The molecule has 3 nitrogen and oxygen atoms in total. The van der Waals surface area contributed by atoms with Gasteiger partial charge < -0.3 is 10.1 Å². The number of halogens is 1. The van der Waals surface area contributed by atoms with Crippen LogP contribution in [0.3, 0.4) is 0 Å². The molecule has 1 rings (SSSR count). The zero-order chi connectivity index (χ0) is 14.4. The average molecular weight is 284 g/mol. The van der Waals surface area contributed by atoms with Gasteiger partial charge in [-0.25, -0.2) is 0 Å². The number of hydrogen-bond acceptors (Lipinski definition) is 2. The summed E-state index contributed by atoms with van der Waals surface area (Å²) in [4.78, 5) is 11.4. The average Bonchev–Trinajstić information content (AvgIpc) is 2.30. The van der Waals surface area contributed by atoms with E-state index in [-0.39, 0.29) is 5.91 Å². The van der Waals surface area contributed by atoms with E-state index in [4.69, 9.17) is 16.3 Å². The minimum Gasteiger partial charge on any atom is -0.492 e. The molecule has 19 heavy (non-hydrogen) atoms. The van der Waals surface area contributed by atoms with Crippen molar-refractivity contribution in [3.8, 4) is 5.75 Å². The number of nitrogens with one attached hydrogen (secondary N) is 1. The largest absolute Gasteiger partial charge is 0.492 e. The number of amides is 1. The molecule has 0 aliphatic carbocycles. The minimum absolute atomic E-state index is 0.0714. The lowest BCUT2D eigenvalue weighted by molar-refractivity contribution is -0.121. The standard InChI is InChI=1S/C15H22ClNO2/c1-10(2)7-14(18)17-5-6-19-13-8-11(3)15(16)12(4)9-13/h8-10H,5-7H2,1-4H3,(H,17,18). The number of hydrogen-bond donors (Lipinski definition) is 1. The fraction of sp³-hybridized carbons (Fsp3) is 0.533. The second kappa shape index (κ2) is 7.39. The maximum absolute atomic E-state index is 11.4. The molecule has 0 saturated carbocycles. The molecule has 106 valence electrons. The Bertz CT molecular complexity index is 421. The van der Waals surface area contributed by atoms with E-state index in [0.29, 0.717) is 25.5 Å². The van der Waals surface area contributed by atoms with Crippen LogP contribution in [0.5, 0.6) is 5.75 Å². The monoisotopic (exact) mass is 283 g/mol. The Morgan fingerprint density at radius 1 is 1.32 bits per heavy atom. The van der Waals surface area contributed by atoms with Crippen LogP contribution in [0.4, 0.5) is 0 Å². The van der Waals surface area contributed by atoms with Crippen LogP contribution < -0.4 is 10.1 Å². The normalized spacial score (nSPS) is 10.6. The first-order valence-electron chi connectivity index (χ1n) is 6.56. The fourth-order valence-corrected chi connectivity index (χ4v) is 1.90. The van der Waals surface area contributed by atoms with E-state index >= 15 is 0 Å². The van der Waals surface area contributed by atoms with E-state index in [0.717, 1.165) is 21.9 Å². The van der Waals surface area contributed by atoms with E-state index in [1.54, 1.807) is 0 Å². The molecule has 1 aromatic carbocycles. The third kappa shape index (κ3) is 5.52. The van der Waals surface area contributed by atoms with Crippen LogP contribution in [0, 0.1) is 19.8 Å². The fourth-order valence-electron chi connectivity index (χ4n) is 1.79. The second-order valence-electron chi connectivity index (χ2n) is 5.17. The van der Waals surface area contributed by atoms with Crippen molar-refractivity contribution in [3.05, 3.63) is 28.3 Å². The Morgan fingerprint density at radius 2 is 1.89 bits per heavy atom. The topological polar surface area (TPSA) is 38.3 Å². The molecule has 4 heteroatoms. The first-order valence-corrected chi connectivity index (χ1v) is 6.94. The van der Waals surface area contributed by atoms with Gasteiger partial charge in [-0.2, -0.15) is 0 Å². The van der Waals surface area contributed by atoms with Crippen LogP contribution in [0.1, 0.15) is 31.4 Å². The molecule has 0 heterocycles. The summed E-state index contributed by atoms with van der Waals surface area (Å²) in [6, 6.07) is 3.82. The van der Waals surface area contributed by atoms with Gasteiger partial charge in [-0.05, 0) is 43.0 Å². The van der Waals surface area contributed by atoms with Crippen molar-refractivity contribution in [2.45, 2.75) is 34.1 Å². The van der Waals surface area contributed by atoms with Crippen LogP contribution in [0.2, 0.25) is 5.02 Å². The Kier molecular flexibility index (Phi) is 6.16. The lowest BCUT2D eigenvalue weighted by Crippen LogP contribution is -2.28. The van der Waals surface area contributed by atoms with Gasteiger partial charge in [0.1, 0.15) is 12.4 Å². The molecule has 0 aromatic heterocycles. The maximum Gasteiger partial charge on any atom is 0.220 e. The van der Waals surface area contributed by atoms with Crippen LogP contribution in [-0.4, -0.2) is 19.1 Å². The quantitative estimate of drug-likeness (QED) is 0.812. The zero-order valence-corrected chi connectivity index (χ0v) is 12.8. The summed E-state index contributed by atoms with van der Waals surface area (Å²) in [7, 11) is 0. The SMILES string of the molecule is Cc1cc(OCCNC(=O)CC(C)C)cc(C)c1Cl. The van der Waals surface area contributed by atoms with Gasteiger partial charge in [-0.1, -0.05) is 25.4 Å².